The highest BCUT2D eigenvalue weighted by atomic mass is 19.1. The van der Waals surface area contributed by atoms with Crippen LogP contribution in [0.25, 0.3) is 0 Å². The molecular weight excluding hydrogens is 401 g/mol. The fourth-order valence-electron chi connectivity index (χ4n) is 3.62. The second-order valence-electron chi connectivity index (χ2n) is 7.20. The molecule has 1 atom stereocenters. The lowest BCUT2D eigenvalue weighted by atomic mass is 9.81. The summed E-state index contributed by atoms with van der Waals surface area (Å²) in [5.74, 6) is -0.899. The Morgan fingerprint density at radius 1 is 1.19 bits per heavy atom. The van der Waals surface area contributed by atoms with Gasteiger partial charge in [-0.2, -0.15) is 0 Å². The van der Waals surface area contributed by atoms with Crippen LogP contribution in [0.15, 0.2) is 54.9 Å². The highest BCUT2D eigenvalue weighted by molar-refractivity contribution is 5.95. The van der Waals surface area contributed by atoms with Gasteiger partial charge in [-0.25, -0.2) is 9.18 Å². The molecule has 0 radical (unpaired) electrons. The molecule has 0 spiro atoms. The summed E-state index contributed by atoms with van der Waals surface area (Å²) in [5, 5.41) is 3.00. The van der Waals surface area contributed by atoms with Crippen molar-refractivity contribution >= 4 is 11.9 Å². The SMILES string of the molecule is COC(=O)c1ccc(C(=O)N[C@]2(c3ccc(C)c(F)c3)CCOc3cccnc32)nc1. The number of carbonyl (C=O) groups excluding carboxylic acids is 2. The lowest BCUT2D eigenvalue weighted by Gasteiger charge is -2.39. The molecule has 0 aliphatic carbocycles. The van der Waals surface area contributed by atoms with Crippen molar-refractivity contribution in [2.24, 2.45) is 0 Å². The molecule has 158 valence electrons. The first-order valence-corrected chi connectivity index (χ1v) is 9.66. The largest absolute Gasteiger partial charge is 0.491 e. The molecule has 8 heteroatoms. The minimum atomic E-state index is -1.11. The third-order valence-electron chi connectivity index (χ3n) is 5.32. The van der Waals surface area contributed by atoms with Crippen LogP contribution in [0.2, 0.25) is 0 Å². The summed E-state index contributed by atoms with van der Waals surface area (Å²) in [7, 11) is 1.27. The molecule has 1 aliphatic heterocycles. The zero-order chi connectivity index (χ0) is 22.0. The van der Waals surface area contributed by atoms with E-state index in [1.54, 1.807) is 37.4 Å². The van der Waals surface area contributed by atoms with E-state index in [2.05, 4.69) is 20.0 Å². The Morgan fingerprint density at radius 2 is 2.03 bits per heavy atom. The van der Waals surface area contributed by atoms with Crippen molar-refractivity contribution in [3.63, 3.8) is 0 Å². The highest BCUT2D eigenvalue weighted by Crippen LogP contribution is 2.41. The monoisotopic (exact) mass is 421 g/mol. The van der Waals surface area contributed by atoms with Crippen molar-refractivity contribution < 1.29 is 23.5 Å². The summed E-state index contributed by atoms with van der Waals surface area (Å²) >= 11 is 0. The van der Waals surface area contributed by atoms with E-state index < -0.39 is 17.4 Å². The summed E-state index contributed by atoms with van der Waals surface area (Å²) in [6.07, 6.45) is 3.23. The van der Waals surface area contributed by atoms with Gasteiger partial charge in [0.25, 0.3) is 5.91 Å². The smallest absolute Gasteiger partial charge is 0.339 e. The van der Waals surface area contributed by atoms with Crippen molar-refractivity contribution in [2.45, 2.75) is 18.9 Å². The standard InChI is InChI=1S/C23H20FN3O4/c1-14-5-7-16(12-17(14)24)23(9-11-31-19-4-3-10-25-20(19)23)27-21(28)18-8-6-15(13-26-18)22(29)30-2/h3-8,10,12-13H,9,11H2,1-2H3,(H,27,28)/t23-/m0/s1. The van der Waals surface area contributed by atoms with Gasteiger partial charge in [0.2, 0.25) is 0 Å². The number of nitrogens with zero attached hydrogens (tertiary/aromatic N) is 2. The molecule has 0 saturated heterocycles. The Balaban J connectivity index is 1.77. The van der Waals surface area contributed by atoms with Crippen molar-refractivity contribution in [3.8, 4) is 5.75 Å². The van der Waals surface area contributed by atoms with E-state index in [1.807, 2.05) is 0 Å². The van der Waals surface area contributed by atoms with Crippen molar-refractivity contribution in [3.05, 3.63) is 88.8 Å². The minimum Gasteiger partial charge on any atom is -0.491 e. The number of carbonyl (C=O) groups is 2. The van der Waals surface area contributed by atoms with Gasteiger partial charge in [0.15, 0.2) is 0 Å². The van der Waals surface area contributed by atoms with Gasteiger partial charge < -0.3 is 14.8 Å². The molecule has 1 amide bonds. The Hall–Kier alpha value is -3.81. The molecule has 7 nitrogen and oxygen atoms in total. The predicted molar refractivity (Wildman–Crippen MR) is 109 cm³/mol. The van der Waals surface area contributed by atoms with Gasteiger partial charge >= 0.3 is 5.97 Å². The van der Waals surface area contributed by atoms with E-state index in [0.717, 1.165) is 0 Å². The maximum atomic E-state index is 14.5. The molecule has 31 heavy (non-hydrogen) atoms. The maximum absolute atomic E-state index is 14.5. The lowest BCUT2D eigenvalue weighted by Crippen LogP contribution is -2.50. The number of ether oxygens (including phenoxy) is 2. The lowest BCUT2D eigenvalue weighted by molar-refractivity contribution is 0.0599. The molecule has 0 fully saturated rings. The molecule has 1 N–H and O–H groups in total. The van der Waals surface area contributed by atoms with Crippen LogP contribution < -0.4 is 10.1 Å². The predicted octanol–water partition coefficient (Wildman–Crippen LogP) is 3.17. The van der Waals surface area contributed by atoms with Gasteiger partial charge in [-0.15, -0.1) is 0 Å². The summed E-state index contributed by atoms with van der Waals surface area (Å²) in [4.78, 5) is 33.3. The minimum absolute atomic E-state index is 0.101. The number of methoxy groups -OCH3 is 1. The Labute approximate surface area is 178 Å². The van der Waals surface area contributed by atoms with Crippen LogP contribution in [0.3, 0.4) is 0 Å². The molecular formula is C23H20FN3O4. The molecule has 2 aromatic heterocycles. The molecule has 1 aliphatic rings. The van der Waals surface area contributed by atoms with Crippen LogP contribution in [0.1, 0.15) is 44.1 Å². The van der Waals surface area contributed by atoms with E-state index in [1.165, 1.54) is 31.5 Å². The van der Waals surface area contributed by atoms with Gasteiger partial charge in [-0.1, -0.05) is 12.1 Å². The number of nitrogens with one attached hydrogen (secondary N) is 1. The summed E-state index contributed by atoms with van der Waals surface area (Å²) < 4.78 is 24.8. The number of pyridine rings is 2. The Morgan fingerprint density at radius 3 is 2.74 bits per heavy atom. The summed E-state index contributed by atoms with van der Waals surface area (Å²) in [5.41, 5.74) is 0.764. The van der Waals surface area contributed by atoms with Crippen LogP contribution in [0.4, 0.5) is 4.39 Å². The van der Waals surface area contributed by atoms with Crippen molar-refractivity contribution in [2.75, 3.05) is 13.7 Å². The summed E-state index contributed by atoms with van der Waals surface area (Å²) in [6, 6.07) is 11.2. The molecule has 0 saturated carbocycles. The number of hydrogen-bond acceptors (Lipinski definition) is 6. The fourth-order valence-corrected chi connectivity index (χ4v) is 3.62. The first kappa shape index (κ1) is 20.5. The molecule has 3 heterocycles. The van der Waals surface area contributed by atoms with Gasteiger partial charge in [0, 0.05) is 18.8 Å². The van der Waals surface area contributed by atoms with Crippen LogP contribution in [-0.4, -0.2) is 35.6 Å². The van der Waals surface area contributed by atoms with E-state index >= 15 is 0 Å². The normalized spacial score (nSPS) is 17.3. The molecule has 0 bridgehead atoms. The number of benzene rings is 1. The van der Waals surface area contributed by atoms with Crippen molar-refractivity contribution in [1.82, 2.24) is 15.3 Å². The average Bonchev–Trinajstić information content (AvgIpc) is 2.80. The molecule has 1 aromatic carbocycles. The molecule has 4 rings (SSSR count). The first-order chi connectivity index (χ1) is 14.9. The summed E-state index contributed by atoms with van der Waals surface area (Å²) in [6.45, 7) is 1.98. The third-order valence-corrected chi connectivity index (χ3v) is 5.32. The number of esters is 1. The van der Waals surface area contributed by atoms with E-state index in [4.69, 9.17) is 4.74 Å². The van der Waals surface area contributed by atoms with Gasteiger partial charge in [0.05, 0.1) is 19.3 Å². The van der Waals surface area contributed by atoms with E-state index in [-0.39, 0.29) is 17.1 Å². The van der Waals surface area contributed by atoms with E-state index in [9.17, 15) is 14.0 Å². The zero-order valence-electron chi connectivity index (χ0n) is 17.0. The van der Waals surface area contributed by atoms with E-state index in [0.29, 0.717) is 35.6 Å². The fraction of sp³-hybridized carbons (Fsp3) is 0.217. The topological polar surface area (TPSA) is 90.4 Å². The third kappa shape index (κ3) is 3.72. The van der Waals surface area contributed by atoms with Crippen LogP contribution >= 0.6 is 0 Å². The number of hydrogen-bond donors (Lipinski definition) is 1. The second-order valence-corrected chi connectivity index (χ2v) is 7.20. The number of rotatable bonds is 4. The van der Waals surface area contributed by atoms with Gasteiger partial charge in [-0.3, -0.25) is 14.8 Å². The Kier molecular flexibility index (Phi) is 5.37. The second kappa shape index (κ2) is 8.14. The van der Waals surface area contributed by atoms with Crippen molar-refractivity contribution in [1.29, 1.82) is 0 Å². The average molecular weight is 421 g/mol. The zero-order valence-corrected chi connectivity index (χ0v) is 17.0. The van der Waals surface area contributed by atoms with Gasteiger partial charge in [0.1, 0.15) is 28.5 Å². The Bertz CT molecular complexity index is 1150. The number of halogens is 1. The van der Waals surface area contributed by atoms with Crippen LogP contribution in [0.5, 0.6) is 5.75 Å². The number of fused-ring (bicyclic) bond motifs is 1. The number of amides is 1. The highest BCUT2D eigenvalue weighted by Gasteiger charge is 2.43. The first-order valence-electron chi connectivity index (χ1n) is 9.66. The quantitative estimate of drug-likeness (QED) is 0.651. The molecule has 3 aromatic rings. The van der Waals surface area contributed by atoms with Gasteiger partial charge in [-0.05, 0) is 48.4 Å². The number of aryl methyl sites for hydroxylation is 1. The van der Waals surface area contributed by atoms with Crippen LogP contribution in [-0.2, 0) is 10.3 Å². The molecule has 0 unspecified atom stereocenters. The maximum Gasteiger partial charge on any atom is 0.339 e. The number of aromatic nitrogens is 2. The van der Waals surface area contributed by atoms with Crippen LogP contribution in [0, 0.1) is 12.7 Å².